The van der Waals surface area contributed by atoms with Crippen LogP contribution in [0, 0.1) is 13.8 Å². The molecule has 0 aliphatic carbocycles. The van der Waals surface area contributed by atoms with Crippen LogP contribution in [-0.2, 0) is 10.8 Å². The predicted molar refractivity (Wildman–Crippen MR) is 365 cm³/mol. The molecule has 8 heterocycles. The van der Waals surface area contributed by atoms with Gasteiger partial charge < -0.3 is 33.7 Å². The van der Waals surface area contributed by atoms with E-state index in [0.717, 1.165) is 168 Å². The highest BCUT2D eigenvalue weighted by Crippen LogP contribution is 2.50. The molecule has 0 saturated carbocycles. The third-order valence-corrected chi connectivity index (χ3v) is 20.4. The first kappa shape index (κ1) is 50.6. The molecular formula is C72H57B3N4O5S2. The molecule has 0 saturated heterocycles. The zero-order valence-corrected chi connectivity index (χ0v) is 51.1. The quantitative estimate of drug-likeness (QED) is 0.131. The molecule has 0 radical (unpaired) electrons. The Morgan fingerprint density at radius 1 is 0.430 bits per heavy atom. The van der Waals surface area contributed by atoms with Gasteiger partial charge in [-0.25, -0.2) is 0 Å². The van der Waals surface area contributed by atoms with Crippen LogP contribution in [-0.4, -0.2) is 32.6 Å². The first-order valence-corrected chi connectivity index (χ1v) is 32.1. The van der Waals surface area contributed by atoms with Crippen LogP contribution in [0.4, 0.5) is 45.5 Å². The van der Waals surface area contributed by atoms with Crippen LogP contribution in [0.3, 0.4) is 0 Å². The van der Waals surface area contributed by atoms with E-state index in [0.29, 0.717) is 0 Å². The number of nitrogens with one attached hydrogen (secondary N) is 2. The van der Waals surface area contributed by atoms with Gasteiger partial charge in [0.1, 0.15) is 56.8 Å². The minimum atomic E-state index is -0.227. The average molecular weight is 1150 g/mol. The van der Waals surface area contributed by atoms with E-state index in [1.165, 1.54) is 27.5 Å². The number of rotatable bonds is 4. The Morgan fingerprint density at radius 3 is 1.57 bits per heavy atom. The summed E-state index contributed by atoms with van der Waals surface area (Å²) in [7, 11) is 0. The number of anilines is 8. The molecule has 2 N–H and O–H groups in total. The molecule has 2 aromatic heterocycles. The van der Waals surface area contributed by atoms with E-state index in [1.54, 1.807) is 23.9 Å². The summed E-state index contributed by atoms with van der Waals surface area (Å²) in [5, 5.41) is 11.9. The first-order chi connectivity index (χ1) is 41.6. The van der Waals surface area contributed by atoms with Gasteiger partial charge in [0.15, 0.2) is 0 Å². The van der Waals surface area contributed by atoms with Crippen molar-refractivity contribution in [2.24, 2.45) is 0 Å². The van der Waals surface area contributed by atoms with E-state index in [2.05, 4.69) is 239 Å². The third kappa shape index (κ3) is 6.91. The molecule has 0 unspecified atom stereocenters. The van der Waals surface area contributed by atoms with E-state index in [9.17, 15) is 0 Å². The van der Waals surface area contributed by atoms with Crippen LogP contribution in [0.25, 0.3) is 43.9 Å². The number of benzene rings is 10. The highest BCUT2D eigenvalue weighted by molar-refractivity contribution is 8.00. The molecule has 12 aromatic rings. The lowest BCUT2D eigenvalue weighted by Crippen LogP contribution is -2.64. The monoisotopic (exact) mass is 1150 g/mol. The van der Waals surface area contributed by atoms with E-state index in [1.807, 2.05) is 0 Å². The Bertz CT molecular complexity index is 5060. The number of ether oxygens (including phenoxy) is 3. The van der Waals surface area contributed by atoms with Crippen molar-refractivity contribution in [2.75, 3.05) is 31.8 Å². The Morgan fingerprint density at radius 2 is 0.965 bits per heavy atom. The smallest absolute Gasteiger partial charge is 0.256 e. The number of furan rings is 2. The summed E-state index contributed by atoms with van der Waals surface area (Å²) in [6, 6.07) is 55.6. The van der Waals surface area contributed by atoms with Crippen molar-refractivity contribution in [3.05, 3.63) is 174 Å². The molecule has 0 bridgehead atoms. The standard InChI is InChI=1S/C72H57B3N4O5S2/c1-36-26-51-64-59(28-36)83-69-44(22-24-56-62(69)40-18-14-20-42(67(40)81-56)71(3,4)5)73(64)46-32-47-52(34-50(46)77-51)78(85-9)55-30-39(76-38-16-12-11-13-17-38)31-61-66(55)75(47)49-33-48-53(35-58(49)80-61)79(86-10)54-27-37(2)29-60-65(54)74(48)45-23-25-57-63(70(45)84-60)41-19-15-21-43(68(41)82-57)72(6,7)8/h11-35,76-77H,1-10H3. The maximum absolute atomic E-state index is 7.49. The molecule has 0 amide bonds. The van der Waals surface area contributed by atoms with Gasteiger partial charge >= 0.3 is 0 Å². The molecule has 86 heavy (non-hydrogen) atoms. The highest BCUT2D eigenvalue weighted by Gasteiger charge is 2.49. The topological polar surface area (TPSA) is 84.5 Å². The van der Waals surface area contributed by atoms with Crippen molar-refractivity contribution in [3.63, 3.8) is 0 Å². The first-order valence-electron chi connectivity index (χ1n) is 29.7. The van der Waals surface area contributed by atoms with E-state index in [4.69, 9.17) is 23.0 Å². The minimum absolute atomic E-state index is 0.124. The number of fused-ring (bicyclic) bond motifs is 20. The van der Waals surface area contributed by atoms with E-state index >= 15 is 0 Å². The lowest BCUT2D eigenvalue weighted by molar-refractivity contribution is 0.488. The second kappa shape index (κ2) is 17.5. The maximum atomic E-state index is 7.49. The van der Waals surface area contributed by atoms with Gasteiger partial charge in [-0.05, 0) is 170 Å². The molecule has 0 atom stereocenters. The molecule has 18 rings (SSSR count). The van der Waals surface area contributed by atoms with Crippen LogP contribution < -0.4 is 82.6 Å². The molecule has 14 heteroatoms. The molecular weight excluding hydrogens is 1100 g/mol. The van der Waals surface area contributed by atoms with Crippen molar-refractivity contribution in [1.82, 2.24) is 0 Å². The van der Waals surface area contributed by atoms with Gasteiger partial charge in [-0.1, -0.05) is 120 Å². The van der Waals surface area contributed by atoms with E-state index in [-0.39, 0.29) is 31.0 Å². The summed E-state index contributed by atoms with van der Waals surface area (Å²) in [6.45, 7) is 17.3. The number of para-hydroxylation sites is 3. The fraction of sp³-hybridized carbons (Fsp3) is 0.167. The molecule has 10 aromatic carbocycles. The summed E-state index contributed by atoms with van der Waals surface area (Å²) < 4.78 is 40.6. The largest absolute Gasteiger partial charge is 0.458 e. The van der Waals surface area contributed by atoms with Gasteiger partial charge in [0.2, 0.25) is 0 Å². The van der Waals surface area contributed by atoms with E-state index < -0.39 is 0 Å². The lowest BCUT2D eigenvalue weighted by atomic mass is 9.29. The van der Waals surface area contributed by atoms with Crippen molar-refractivity contribution >= 4 is 183 Å². The van der Waals surface area contributed by atoms with Gasteiger partial charge in [0.05, 0.1) is 27.8 Å². The molecule has 6 aliphatic heterocycles. The Labute approximate surface area is 508 Å². The zero-order chi connectivity index (χ0) is 58.1. The summed E-state index contributed by atoms with van der Waals surface area (Å²) in [4.78, 5) is 0. The van der Waals surface area contributed by atoms with Crippen molar-refractivity contribution < 1.29 is 23.0 Å². The fourth-order valence-electron chi connectivity index (χ4n) is 15.3. The van der Waals surface area contributed by atoms with Gasteiger partial charge in [-0.2, -0.15) is 0 Å². The Kier molecular flexibility index (Phi) is 10.3. The summed E-state index contributed by atoms with van der Waals surface area (Å²) in [6.07, 6.45) is 4.35. The molecule has 0 fully saturated rings. The Hall–Kier alpha value is -8.71. The van der Waals surface area contributed by atoms with Gasteiger partial charge in [0, 0.05) is 75.0 Å². The minimum Gasteiger partial charge on any atom is -0.458 e. The normalized spacial score (nSPS) is 14.5. The second-order valence-corrected chi connectivity index (χ2v) is 27.7. The fourth-order valence-corrected chi connectivity index (χ4v) is 16.7. The summed E-state index contributed by atoms with van der Waals surface area (Å²) in [5.74, 6) is 5.10. The number of nitrogens with zero attached hydrogens (tertiary/aromatic N) is 2. The zero-order valence-electron chi connectivity index (χ0n) is 49.4. The molecule has 416 valence electrons. The molecule has 6 aliphatic rings. The number of hydrogen-bond donors (Lipinski definition) is 2. The molecule has 0 spiro atoms. The summed E-state index contributed by atoms with van der Waals surface area (Å²) >= 11 is 3.43. The van der Waals surface area contributed by atoms with Crippen LogP contribution >= 0.6 is 23.9 Å². The van der Waals surface area contributed by atoms with Gasteiger partial charge in [-0.3, -0.25) is 8.61 Å². The summed E-state index contributed by atoms with van der Waals surface area (Å²) in [5.41, 5.74) is 26.7. The maximum Gasteiger partial charge on any atom is 0.256 e. The van der Waals surface area contributed by atoms with Crippen molar-refractivity contribution in [1.29, 1.82) is 0 Å². The Balaban J connectivity index is 0.887. The predicted octanol–water partition coefficient (Wildman–Crippen LogP) is 13.8. The van der Waals surface area contributed by atoms with Crippen molar-refractivity contribution in [2.45, 2.75) is 66.2 Å². The van der Waals surface area contributed by atoms with Crippen LogP contribution in [0.5, 0.6) is 34.5 Å². The molecule has 9 nitrogen and oxygen atoms in total. The highest BCUT2D eigenvalue weighted by atomic mass is 32.2. The van der Waals surface area contributed by atoms with Gasteiger partial charge in [-0.15, -0.1) is 0 Å². The third-order valence-electron chi connectivity index (χ3n) is 18.9. The van der Waals surface area contributed by atoms with Crippen molar-refractivity contribution in [3.8, 4) is 34.5 Å². The second-order valence-electron chi connectivity index (χ2n) is 26.2. The lowest BCUT2D eigenvalue weighted by Gasteiger charge is -2.43. The van der Waals surface area contributed by atoms with Crippen LogP contribution in [0.2, 0.25) is 0 Å². The van der Waals surface area contributed by atoms with Crippen LogP contribution in [0.1, 0.15) is 63.8 Å². The SMILES string of the molecule is CSN1c2cc3c(cc2B2c4cc5c(cc4Oc4cc(Nc6ccccc6)cc1c42)N(SC)c1cc(C)cc2c1B5c1ccc4oc5c(C(C)(C)C)cccc5c4c1O2)B1c2ccc4oc5c(C(C)(C)C)cccc5c4c2Oc2cc(C)cc(c21)N3. The average Bonchev–Trinajstić information content (AvgIpc) is 2.82. The number of hydrogen-bond acceptors (Lipinski definition) is 11. The number of aryl methyl sites for hydroxylation is 2. The van der Waals surface area contributed by atoms with Gasteiger partial charge in [0.25, 0.3) is 20.1 Å². The van der Waals surface area contributed by atoms with Crippen LogP contribution in [0.15, 0.2) is 160 Å².